The average Bonchev–Trinajstić information content (AvgIpc) is 2.17. The van der Waals surface area contributed by atoms with E-state index in [-0.39, 0.29) is 12.3 Å². The van der Waals surface area contributed by atoms with Crippen molar-refractivity contribution in [2.45, 2.75) is 13.0 Å². The molecule has 1 rings (SSSR count). The van der Waals surface area contributed by atoms with Gasteiger partial charge in [0.05, 0.1) is 18.7 Å². The van der Waals surface area contributed by atoms with Gasteiger partial charge in [-0.05, 0) is 12.1 Å². The zero-order chi connectivity index (χ0) is 9.52. The summed E-state index contributed by atoms with van der Waals surface area (Å²) < 4.78 is 0. The summed E-state index contributed by atoms with van der Waals surface area (Å²) in [6.45, 7) is 0.369. The van der Waals surface area contributed by atoms with Crippen LogP contribution >= 0.6 is 0 Å². The number of rotatable bonds is 4. The molecule has 1 aromatic heterocycles. The molecule has 0 aromatic carbocycles. The normalized spacial score (nSPS) is 9.23. The van der Waals surface area contributed by atoms with Gasteiger partial charge >= 0.3 is 0 Å². The lowest BCUT2D eigenvalue weighted by atomic mass is 10.3. The molecule has 1 N–H and O–H groups in total. The molecule has 0 atom stereocenters. The number of nitrogens with one attached hydrogen (secondary N) is 1. The first-order valence-electron chi connectivity index (χ1n) is 3.93. The number of aromatic nitrogens is 1. The van der Waals surface area contributed by atoms with Crippen LogP contribution in [0.3, 0.4) is 0 Å². The quantitative estimate of drug-likeness (QED) is 0.532. The van der Waals surface area contributed by atoms with Gasteiger partial charge in [-0.2, -0.15) is 0 Å². The summed E-state index contributed by atoms with van der Waals surface area (Å²) in [7, 11) is 0. The summed E-state index contributed by atoms with van der Waals surface area (Å²) in [5.74, 6) is -0.277. The fourth-order valence-corrected chi connectivity index (χ4v) is 0.840. The van der Waals surface area contributed by atoms with Crippen molar-refractivity contribution in [2.24, 2.45) is 0 Å². The Morgan fingerprint density at radius 3 is 3.00 bits per heavy atom. The van der Waals surface area contributed by atoms with Crippen LogP contribution in [0.25, 0.3) is 0 Å². The molecule has 1 aromatic rings. The van der Waals surface area contributed by atoms with E-state index < -0.39 is 0 Å². The summed E-state index contributed by atoms with van der Waals surface area (Å²) >= 11 is 0. The molecule has 0 fully saturated rings. The van der Waals surface area contributed by atoms with E-state index >= 15 is 0 Å². The third-order valence-electron chi connectivity index (χ3n) is 1.46. The fourth-order valence-electron chi connectivity index (χ4n) is 0.840. The van der Waals surface area contributed by atoms with E-state index in [1.54, 1.807) is 18.3 Å². The second kappa shape index (κ2) is 5.03. The van der Waals surface area contributed by atoms with Crippen molar-refractivity contribution in [3.8, 4) is 0 Å². The molecule has 0 aliphatic heterocycles. The van der Waals surface area contributed by atoms with Crippen molar-refractivity contribution in [3.05, 3.63) is 30.1 Å². The molecule has 4 heteroatoms. The molecule has 4 nitrogen and oxygen atoms in total. The van der Waals surface area contributed by atoms with Crippen molar-refractivity contribution >= 4 is 12.2 Å². The molecule has 0 saturated heterocycles. The maximum atomic E-state index is 10.8. The number of pyridine rings is 1. The number of amides is 1. The zero-order valence-corrected chi connectivity index (χ0v) is 7.06. The van der Waals surface area contributed by atoms with Crippen molar-refractivity contribution < 1.29 is 9.59 Å². The highest BCUT2D eigenvalue weighted by molar-refractivity contribution is 5.87. The molecule has 68 valence electrons. The third kappa shape index (κ3) is 3.46. The van der Waals surface area contributed by atoms with Crippen LogP contribution in [-0.4, -0.2) is 17.2 Å². The Morgan fingerprint density at radius 2 is 2.38 bits per heavy atom. The molecule has 0 spiro atoms. The topological polar surface area (TPSA) is 59.1 Å². The second-order valence-electron chi connectivity index (χ2n) is 2.47. The summed E-state index contributed by atoms with van der Waals surface area (Å²) in [4.78, 5) is 24.8. The summed E-state index contributed by atoms with van der Waals surface area (Å²) in [6.07, 6.45) is 2.14. The number of aldehydes is 1. The predicted molar refractivity (Wildman–Crippen MR) is 46.8 cm³/mol. The van der Waals surface area contributed by atoms with Crippen LogP contribution in [0.5, 0.6) is 0 Å². The SMILES string of the molecule is O=CCC(=O)NCc1ccccn1. The van der Waals surface area contributed by atoms with Crippen molar-refractivity contribution in [1.82, 2.24) is 10.3 Å². The minimum absolute atomic E-state index is 0.0904. The van der Waals surface area contributed by atoms with Gasteiger partial charge in [0.15, 0.2) is 0 Å². The van der Waals surface area contributed by atoms with Gasteiger partial charge in [-0.25, -0.2) is 0 Å². The smallest absolute Gasteiger partial charge is 0.227 e. The van der Waals surface area contributed by atoms with Gasteiger partial charge in [-0.1, -0.05) is 6.07 Å². The molecule has 0 aliphatic rings. The van der Waals surface area contributed by atoms with E-state index in [4.69, 9.17) is 0 Å². The van der Waals surface area contributed by atoms with E-state index in [0.717, 1.165) is 5.69 Å². The Balaban J connectivity index is 2.35. The van der Waals surface area contributed by atoms with E-state index in [0.29, 0.717) is 12.8 Å². The third-order valence-corrected chi connectivity index (χ3v) is 1.46. The Bertz CT molecular complexity index is 285. The minimum Gasteiger partial charge on any atom is -0.350 e. The number of hydrogen-bond donors (Lipinski definition) is 1. The largest absolute Gasteiger partial charge is 0.350 e. The molecular formula is C9H10N2O2. The first-order chi connectivity index (χ1) is 6.33. The van der Waals surface area contributed by atoms with Crippen LogP contribution in [0, 0.1) is 0 Å². The average molecular weight is 178 g/mol. The Hall–Kier alpha value is -1.71. The molecule has 1 heterocycles. The van der Waals surface area contributed by atoms with Crippen molar-refractivity contribution in [3.63, 3.8) is 0 Å². The Kier molecular flexibility index (Phi) is 3.63. The lowest BCUT2D eigenvalue weighted by molar-refractivity contribution is -0.124. The van der Waals surface area contributed by atoms with Crippen LogP contribution in [-0.2, 0) is 16.1 Å². The van der Waals surface area contributed by atoms with Gasteiger partial charge in [0.2, 0.25) is 5.91 Å². The van der Waals surface area contributed by atoms with E-state index in [1.165, 1.54) is 0 Å². The monoisotopic (exact) mass is 178 g/mol. The first kappa shape index (κ1) is 9.38. The van der Waals surface area contributed by atoms with E-state index in [2.05, 4.69) is 10.3 Å². The number of carbonyl (C=O) groups is 2. The highest BCUT2D eigenvalue weighted by atomic mass is 16.2. The lowest BCUT2D eigenvalue weighted by Crippen LogP contribution is -2.23. The van der Waals surface area contributed by atoms with Crippen LogP contribution < -0.4 is 5.32 Å². The lowest BCUT2D eigenvalue weighted by Gasteiger charge is -2.00. The van der Waals surface area contributed by atoms with Crippen LogP contribution in [0.4, 0.5) is 0 Å². The van der Waals surface area contributed by atoms with Gasteiger partial charge < -0.3 is 10.1 Å². The molecule has 13 heavy (non-hydrogen) atoms. The van der Waals surface area contributed by atoms with Gasteiger partial charge in [-0.15, -0.1) is 0 Å². The van der Waals surface area contributed by atoms with Gasteiger partial charge in [0, 0.05) is 6.20 Å². The molecule has 0 radical (unpaired) electrons. The van der Waals surface area contributed by atoms with Crippen molar-refractivity contribution in [2.75, 3.05) is 0 Å². The highest BCUT2D eigenvalue weighted by Crippen LogP contribution is 1.91. The summed E-state index contributed by atoms with van der Waals surface area (Å²) in [6, 6.07) is 5.45. The second-order valence-corrected chi connectivity index (χ2v) is 2.47. The molecule has 1 amide bonds. The first-order valence-corrected chi connectivity index (χ1v) is 3.93. The highest BCUT2D eigenvalue weighted by Gasteiger charge is 1.98. The molecular weight excluding hydrogens is 168 g/mol. The van der Waals surface area contributed by atoms with Crippen LogP contribution in [0.2, 0.25) is 0 Å². The van der Waals surface area contributed by atoms with Gasteiger partial charge in [0.25, 0.3) is 0 Å². The van der Waals surface area contributed by atoms with E-state index in [1.807, 2.05) is 6.07 Å². The predicted octanol–water partition coefficient (Wildman–Crippen LogP) is 0.287. The molecule has 0 unspecified atom stereocenters. The maximum Gasteiger partial charge on any atom is 0.227 e. The number of hydrogen-bond acceptors (Lipinski definition) is 3. The zero-order valence-electron chi connectivity index (χ0n) is 7.06. The van der Waals surface area contributed by atoms with Gasteiger partial charge in [0.1, 0.15) is 6.29 Å². The number of nitrogens with zero attached hydrogens (tertiary/aromatic N) is 1. The molecule has 0 aliphatic carbocycles. The van der Waals surface area contributed by atoms with Gasteiger partial charge in [-0.3, -0.25) is 9.78 Å². The Labute approximate surface area is 76.0 Å². The molecule has 0 saturated carbocycles. The maximum absolute atomic E-state index is 10.8. The summed E-state index contributed by atoms with van der Waals surface area (Å²) in [5.41, 5.74) is 0.779. The van der Waals surface area contributed by atoms with Crippen LogP contribution in [0.15, 0.2) is 24.4 Å². The standard InChI is InChI=1S/C9H10N2O2/c12-6-4-9(13)11-7-8-3-1-2-5-10-8/h1-3,5-6H,4,7H2,(H,11,13). The minimum atomic E-state index is -0.277. The summed E-state index contributed by atoms with van der Waals surface area (Å²) in [5, 5.41) is 2.57. The van der Waals surface area contributed by atoms with E-state index in [9.17, 15) is 9.59 Å². The molecule has 0 bridgehead atoms. The van der Waals surface area contributed by atoms with Crippen LogP contribution in [0.1, 0.15) is 12.1 Å². The Morgan fingerprint density at radius 1 is 1.54 bits per heavy atom. The van der Waals surface area contributed by atoms with Crippen molar-refractivity contribution in [1.29, 1.82) is 0 Å². The number of carbonyl (C=O) groups excluding carboxylic acids is 2. The fraction of sp³-hybridized carbons (Fsp3) is 0.222.